The molecule has 0 N–H and O–H groups in total. The molecule has 0 unspecified atom stereocenters. The van der Waals surface area contributed by atoms with Gasteiger partial charge in [0.05, 0.1) is 13.0 Å². The average Bonchev–Trinajstić information content (AvgIpc) is 2.56. The molecule has 0 spiro atoms. The molecule has 0 fully saturated rings. The monoisotopic (exact) mass is 366 g/mol. The Bertz CT molecular complexity index is 741. The molecule has 0 aromatic heterocycles. The minimum atomic E-state index is -0.413. The molecule has 0 aliphatic carbocycles. The topological polar surface area (TPSA) is 9.23 Å². The van der Waals surface area contributed by atoms with Crippen molar-refractivity contribution in [3.63, 3.8) is 0 Å². The van der Waals surface area contributed by atoms with E-state index in [1.807, 2.05) is 0 Å². The van der Waals surface area contributed by atoms with Gasteiger partial charge >= 0.3 is 0 Å². The first-order valence-electron chi connectivity index (χ1n) is 8.52. The van der Waals surface area contributed by atoms with E-state index in [1.54, 1.807) is 18.2 Å². The van der Waals surface area contributed by atoms with Crippen molar-refractivity contribution in [3.05, 3.63) is 53.1 Å². The summed E-state index contributed by atoms with van der Waals surface area (Å²) in [6, 6.07) is 7.69. The Hall–Kier alpha value is -1.61. The van der Waals surface area contributed by atoms with Crippen LogP contribution in [0.3, 0.4) is 0 Å². The molecular formula is C21H25ClF2O. The highest BCUT2D eigenvalue weighted by molar-refractivity contribution is 6.17. The summed E-state index contributed by atoms with van der Waals surface area (Å²) >= 11 is 5.88. The lowest BCUT2D eigenvalue weighted by Gasteiger charge is -2.26. The number of alkyl halides is 1. The minimum absolute atomic E-state index is 0.0280. The van der Waals surface area contributed by atoms with Gasteiger partial charge in [-0.2, -0.15) is 0 Å². The zero-order valence-corrected chi connectivity index (χ0v) is 16.0. The molecule has 0 radical (unpaired) electrons. The average molecular weight is 367 g/mol. The van der Waals surface area contributed by atoms with Crippen molar-refractivity contribution in [3.8, 4) is 16.9 Å². The first-order valence-corrected chi connectivity index (χ1v) is 9.06. The number of ether oxygens (including phenoxy) is 1. The van der Waals surface area contributed by atoms with Crippen molar-refractivity contribution in [1.29, 1.82) is 0 Å². The number of benzene rings is 2. The summed E-state index contributed by atoms with van der Waals surface area (Å²) in [7, 11) is 1.53. The third-order valence-electron chi connectivity index (χ3n) is 4.48. The summed E-state index contributed by atoms with van der Waals surface area (Å²) in [6.45, 7) is 6.48. The normalized spacial score (nSPS) is 11.6. The van der Waals surface area contributed by atoms with Crippen LogP contribution in [0.1, 0.15) is 44.7 Å². The summed E-state index contributed by atoms with van der Waals surface area (Å²) in [6.07, 6.45) is 2.80. The van der Waals surface area contributed by atoms with Crippen molar-refractivity contribution in [2.45, 2.75) is 45.9 Å². The second-order valence-corrected chi connectivity index (χ2v) is 7.44. The Kier molecular flexibility index (Phi) is 6.45. The second-order valence-electron chi connectivity index (χ2n) is 7.17. The van der Waals surface area contributed by atoms with E-state index in [0.29, 0.717) is 22.4 Å². The lowest BCUT2D eigenvalue weighted by molar-refractivity contribution is 0.329. The van der Waals surface area contributed by atoms with E-state index < -0.39 is 11.6 Å². The zero-order chi connectivity index (χ0) is 18.6. The van der Waals surface area contributed by atoms with Crippen molar-refractivity contribution in [2.75, 3.05) is 7.11 Å². The van der Waals surface area contributed by atoms with Gasteiger partial charge in [-0.05, 0) is 53.6 Å². The quantitative estimate of drug-likeness (QED) is 0.492. The molecule has 0 atom stereocenters. The fourth-order valence-electron chi connectivity index (χ4n) is 3.29. The Morgan fingerprint density at radius 1 is 1.00 bits per heavy atom. The maximum atomic E-state index is 14.5. The van der Waals surface area contributed by atoms with E-state index in [-0.39, 0.29) is 11.3 Å². The molecule has 4 heteroatoms. The highest BCUT2D eigenvalue weighted by Gasteiger charge is 2.22. The van der Waals surface area contributed by atoms with Crippen molar-refractivity contribution in [1.82, 2.24) is 0 Å². The molecule has 2 aromatic carbocycles. The molecule has 0 heterocycles. The smallest absolute Gasteiger partial charge is 0.131 e. The number of rotatable bonds is 7. The highest BCUT2D eigenvalue weighted by atomic mass is 35.5. The van der Waals surface area contributed by atoms with Gasteiger partial charge in [0.25, 0.3) is 0 Å². The molecule has 0 aliphatic heterocycles. The molecule has 0 aliphatic rings. The Morgan fingerprint density at radius 3 is 2.32 bits per heavy atom. The van der Waals surface area contributed by atoms with Crippen LogP contribution >= 0.6 is 11.6 Å². The van der Waals surface area contributed by atoms with Crippen LogP contribution in [0.15, 0.2) is 30.3 Å². The van der Waals surface area contributed by atoms with Crippen LogP contribution in [0.2, 0.25) is 0 Å². The van der Waals surface area contributed by atoms with E-state index >= 15 is 0 Å². The number of hydrogen-bond acceptors (Lipinski definition) is 1. The van der Waals surface area contributed by atoms with E-state index in [1.165, 1.54) is 19.2 Å². The summed E-state index contributed by atoms with van der Waals surface area (Å²) in [5.74, 6) is -0.178. The van der Waals surface area contributed by atoms with Crippen LogP contribution in [-0.4, -0.2) is 7.11 Å². The van der Waals surface area contributed by atoms with E-state index in [0.717, 1.165) is 24.8 Å². The van der Waals surface area contributed by atoms with E-state index in [9.17, 15) is 8.78 Å². The number of methoxy groups -OCH3 is 1. The summed E-state index contributed by atoms with van der Waals surface area (Å²) in [5.41, 5.74) is 2.28. The van der Waals surface area contributed by atoms with Crippen molar-refractivity contribution < 1.29 is 13.5 Å². The molecule has 0 saturated carbocycles. The number of hydrogen-bond donors (Lipinski definition) is 0. The largest absolute Gasteiger partial charge is 0.497 e. The fraction of sp³-hybridized carbons (Fsp3) is 0.429. The second kappa shape index (κ2) is 8.18. The molecule has 136 valence electrons. The maximum Gasteiger partial charge on any atom is 0.131 e. The van der Waals surface area contributed by atoms with Gasteiger partial charge < -0.3 is 4.74 Å². The zero-order valence-electron chi connectivity index (χ0n) is 15.3. The highest BCUT2D eigenvalue weighted by Crippen LogP contribution is 2.36. The fourth-order valence-corrected chi connectivity index (χ4v) is 3.49. The van der Waals surface area contributed by atoms with Gasteiger partial charge in [-0.15, -0.1) is 11.6 Å². The lowest BCUT2D eigenvalue weighted by atomic mass is 9.79. The molecule has 2 aromatic rings. The summed E-state index contributed by atoms with van der Waals surface area (Å²) in [4.78, 5) is 0. The van der Waals surface area contributed by atoms with E-state index in [2.05, 4.69) is 20.8 Å². The minimum Gasteiger partial charge on any atom is -0.497 e. The SMILES string of the molecule is CCCC(C)(C)Cc1cc(CCl)c(F)cc1-c1cc(OC)ccc1F. The predicted octanol–water partition coefficient (Wildman–Crippen LogP) is 6.75. The van der Waals surface area contributed by atoms with Crippen LogP contribution in [0.5, 0.6) is 5.75 Å². The molecular weight excluding hydrogens is 342 g/mol. The summed E-state index contributed by atoms with van der Waals surface area (Å²) < 4.78 is 34.0. The molecule has 25 heavy (non-hydrogen) atoms. The maximum absolute atomic E-state index is 14.5. The standard InChI is InChI=1S/C21H25ClF2O/c1-5-8-21(2,3)12-14-9-15(13-22)20(24)11-17(14)18-10-16(25-4)6-7-19(18)23/h6-7,9-11H,5,8,12-13H2,1-4H3. The Labute approximate surface area is 154 Å². The van der Waals surface area contributed by atoms with Gasteiger partial charge in [-0.3, -0.25) is 0 Å². The Balaban J connectivity index is 2.62. The van der Waals surface area contributed by atoms with Crippen LogP contribution < -0.4 is 4.74 Å². The molecule has 0 amide bonds. The van der Waals surface area contributed by atoms with Crippen LogP contribution in [0, 0.1) is 17.0 Å². The summed E-state index contributed by atoms with van der Waals surface area (Å²) in [5, 5.41) is 0. The number of halogens is 3. The molecule has 0 bridgehead atoms. The van der Waals surface area contributed by atoms with E-state index in [4.69, 9.17) is 16.3 Å². The first-order chi connectivity index (χ1) is 11.8. The molecule has 2 rings (SSSR count). The van der Waals surface area contributed by atoms with Crippen molar-refractivity contribution in [2.24, 2.45) is 5.41 Å². The Morgan fingerprint density at radius 2 is 1.72 bits per heavy atom. The predicted molar refractivity (Wildman–Crippen MR) is 100 cm³/mol. The van der Waals surface area contributed by atoms with Gasteiger partial charge in [0.1, 0.15) is 17.4 Å². The van der Waals surface area contributed by atoms with Gasteiger partial charge in [-0.25, -0.2) is 8.78 Å². The van der Waals surface area contributed by atoms with Gasteiger partial charge in [-0.1, -0.05) is 33.3 Å². The van der Waals surface area contributed by atoms with Crippen LogP contribution in [-0.2, 0) is 12.3 Å². The molecule has 0 saturated heterocycles. The van der Waals surface area contributed by atoms with Gasteiger partial charge in [0.2, 0.25) is 0 Å². The third kappa shape index (κ3) is 4.72. The third-order valence-corrected chi connectivity index (χ3v) is 4.76. The first kappa shape index (κ1) is 19.7. The van der Waals surface area contributed by atoms with Gasteiger partial charge in [0, 0.05) is 11.1 Å². The van der Waals surface area contributed by atoms with Gasteiger partial charge in [0.15, 0.2) is 0 Å². The van der Waals surface area contributed by atoms with Crippen LogP contribution in [0.4, 0.5) is 8.78 Å². The van der Waals surface area contributed by atoms with Crippen LogP contribution in [0.25, 0.3) is 11.1 Å². The molecule has 1 nitrogen and oxygen atoms in total. The lowest BCUT2D eigenvalue weighted by Crippen LogP contribution is -2.15. The van der Waals surface area contributed by atoms with Crippen molar-refractivity contribution >= 4 is 11.6 Å².